The fraction of sp³-hybridized carbons (Fsp3) is 0.200. The van der Waals surface area contributed by atoms with Crippen molar-refractivity contribution in [2.75, 3.05) is 5.73 Å². The van der Waals surface area contributed by atoms with Gasteiger partial charge in [0.15, 0.2) is 5.82 Å². The van der Waals surface area contributed by atoms with Gasteiger partial charge in [-0.1, -0.05) is 17.7 Å². The molecule has 0 atom stereocenters. The molecule has 0 aliphatic carbocycles. The van der Waals surface area contributed by atoms with Gasteiger partial charge in [-0.2, -0.15) is 28.8 Å². The van der Waals surface area contributed by atoms with E-state index in [2.05, 4.69) is 10.1 Å². The van der Waals surface area contributed by atoms with E-state index in [-0.39, 0.29) is 33.9 Å². The fourth-order valence-electron chi connectivity index (χ4n) is 2.92. The van der Waals surface area contributed by atoms with Crippen LogP contribution in [0.4, 0.5) is 19.0 Å². The zero-order valence-electron chi connectivity index (χ0n) is 16.2. The lowest BCUT2D eigenvalue weighted by Gasteiger charge is -2.16. The van der Waals surface area contributed by atoms with E-state index < -0.39 is 22.4 Å². The van der Waals surface area contributed by atoms with Crippen LogP contribution in [0.25, 0.3) is 16.9 Å². The number of nitrogen functional groups attached to an aromatic ring is 1. The third-order valence-corrected chi connectivity index (χ3v) is 4.81. The lowest BCUT2D eigenvalue weighted by atomic mass is 9.95. The zero-order chi connectivity index (χ0) is 23.1. The maximum absolute atomic E-state index is 13.1. The zero-order valence-corrected chi connectivity index (χ0v) is 16.9. The standard InChI is InChI=1S/C20H14ClF3N6O/c1-19(2,31)11-8-28-30(9-11)18-13(7-26)16(12(6-25)17(27)29-18)10-3-4-14(15(21)5-10)20(22,23)24/h3-5,8-9,31H,1-2H3,(H2,27,29). The quantitative estimate of drug-likeness (QED) is 0.622. The summed E-state index contributed by atoms with van der Waals surface area (Å²) in [6.07, 6.45) is -1.87. The number of hydrogen-bond acceptors (Lipinski definition) is 6. The minimum Gasteiger partial charge on any atom is -0.386 e. The number of aromatic nitrogens is 3. The first-order valence-corrected chi connectivity index (χ1v) is 9.05. The van der Waals surface area contributed by atoms with Crippen LogP contribution < -0.4 is 5.73 Å². The van der Waals surface area contributed by atoms with Crippen LogP contribution in [0.5, 0.6) is 0 Å². The predicted molar refractivity (Wildman–Crippen MR) is 106 cm³/mol. The molecule has 31 heavy (non-hydrogen) atoms. The van der Waals surface area contributed by atoms with Crippen molar-refractivity contribution in [1.29, 1.82) is 10.5 Å². The average Bonchev–Trinajstić information content (AvgIpc) is 3.16. The average molecular weight is 447 g/mol. The summed E-state index contributed by atoms with van der Waals surface area (Å²) in [5.74, 6) is -0.302. The highest BCUT2D eigenvalue weighted by Gasteiger charge is 2.33. The molecule has 0 spiro atoms. The molecule has 0 saturated heterocycles. The lowest BCUT2D eigenvalue weighted by molar-refractivity contribution is -0.137. The van der Waals surface area contributed by atoms with Gasteiger partial charge in [0.05, 0.1) is 22.4 Å². The van der Waals surface area contributed by atoms with Crippen LogP contribution in [0, 0.1) is 22.7 Å². The molecule has 0 radical (unpaired) electrons. The molecule has 158 valence electrons. The number of aliphatic hydroxyl groups is 1. The van der Waals surface area contributed by atoms with E-state index in [9.17, 15) is 28.8 Å². The van der Waals surface area contributed by atoms with Crippen LogP contribution in [-0.2, 0) is 11.8 Å². The second-order valence-corrected chi connectivity index (χ2v) is 7.50. The van der Waals surface area contributed by atoms with E-state index in [4.69, 9.17) is 17.3 Å². The Morgan fingerprint density at radius 1 is 1.16 bits per heavy atom. The summed E-state index contributed by atoms with van der Waals surface area (Å²) < 4.78 is 40.4. The first kappa shape index (κ1) is 22.1. The van der Waals surface area contributed by atoms with Gasteiger partial charge in [0, 0.05) is 17.3 Å². The Bertz CT molecular complexity index is 1260. The maximum Gasteiger partial charge on any atom is 0.417 e. The minimum absolute atomic E-state index is 0.0246. The van der Waals surface area contributed by atoms with Crippen LogP contribution >= 0.6 is 11.6 Å². The van der Waals surface area contributed by atoms with E-state index in [0.29, 0.717) is 5.56 Å². The third-order valence-electron chi connectivity index (χ3n) is 4.50. The normalized spacial score (nSPS) is 11.8. The summed E-state index contributed by atoms with van der Waals surface area (Å²) in [6, 6.07) is 6.62. The van der Waals surface area contributed by atoms with Gasteiger partial charge < -0.3 is 10.8 Å². The van der Waals surface area contributed by atoms with Crippen LogP contribution in [0.15, 0.2) is 30.6 Å². The summed E-state index contributed by atoms with van der Waals surface area (Å²) >= 11 is 5.83. The van der Waals surface area contributed by atoms with Crippen LogP contribution in [0.1, 0.15) is 36.1 Å². The molecule has 0 fully saturated rings. The largest absolute Gasteiger partial charge is 0.417 e. The smallest absolute Gasteiger partial charge is 0.386 e. The second kappa shape index (κ2) is 7.58. The molecule has 1 aromatic carbocycles. The van der Waals surface area contributed by atoms with Gasteiger partial charge in [-0.15, -0.1) is 0 Å². The van der Waals surface area contributed by atoms with Crippen molar-refractivity contribution in [2.45, 2.75) is 25.6 Å². The number of nitriles is 2. The van der Waals surface area contributed by atoms with Gasteiger partial charge in [0.1, 0.15) is 29.1 Å². The monoisotopic (exact) mass is 446 g/mol. The summed E-state index contributed by atoms with van der Waals surface area (Å²) in [5, 5.41) is 33.0. The van der Waals surface area contributed by atoms with Crippen LogP contribution in [0.2, 0.25) is 5.02 Å². The van der Waals surface area contributed by atoms with Crippen molar-refractivity contribution in [3.05, 3.63) is 57.9 Å². The highest BCUT2D eigenvalue weighted by Crippen LogP contribution is 2.39. The Labute approximate surface area is 179 Å². The molecular weight excluding hydrogens is 433 g/mol. The molecule has 3 N–H and O–H groups in total. The Morgan fingerprint density at radius 2 is 1.81 bits per heavy atom. The summed E-state index contributed by atoms with van der Waals surface area (Å²) in [6.45, 7) is 3.07. The highest BCUT2D eigenvalue weighted by atomic mass is 35.5. The molecule has 0 unspecified atom stereocenters. The molecule has 0 bridgehead atoms. The number of rotatable bonds is 3. The van der Waals surface area contributed by atoms with Gasteiger partial charge >= 0.3 is 6.18 Å². The van der Waals surface area contributed by atoms with E-state index >= 15 is 0 Å². The van der Waals surface area contributed by atoms with E-state index in [1.165, 1.54) is 30.9 Å². The van der Waals surface area contributed by atoms with Crippen LogP contribution in [0.3, 0.4) is 0 Å². The van der Waals surface area contributed by atoms with Gasteiger partial charge in [-0.25, -0.2) is 9.67 Å². The Kier molecular flexibility index (Phi) is 5.40. The van der Waals surface area contributed by atoms with Crippen LogP contribution in [-0.4, -0.2) is 19.9 Å². The van der Waals surface area contributed by atoms with Crippen molar-refractivity contribution in [2.24, 2.45) is 0 Å². The van der Waals surface area contributed by atoms with Crippen molar-refractivity contribution >= 4 is 17.4 Å². The van der Waals surface area contributed by atoms with Crippen molar-refractivity contribution in [3.8, 4) is 29.1 Å². The fourth-order valence-corrected chi connectivity index (χ4v) is 3.21. The summed E-state index contributed by atoms with van der Waals surface area (Å²) in [5.41, 5.74) is 3.77. The molecule has 7 nitrogen and oxygen atoms in total. The summed E-state index contributed by atoms with van der Waals surface area (Å²) in [4.78, 5) is 4.08. The first-order chi connectivity index (χ1) is 14.4. The number of anilines is 1. The van der Waals surface area contributed by atoms with Gasteiger partial charge in [-0.3, -0.25) is 0 Å². The lowest BCUT2D eigenvalue weighted by Crippen LogP contribution is -2.14. The molecule has 0 aliphatic rings. The Hall–Kier alpha value is -3.60. The molecule has 3 aromatic rings. The second-order valence-electron chi connectivity index (χ2n) is 7.09. The molecule has 2 heterocycles. The Morgan fingerprint density at radius 3 is 2.29 bits per heavy atom. The van der Waals surface area contributed by atoms with Gasteiger partial charge in [0.25, 0.3) is 0 Å². The molecule has 3 rings (SSSR count). The molecule has 0 aliphatic heterocycles. The van der Waals surface area contributed by atoms with E-state index in [1.807, 2.05) is 12.1 Å². The number of hydrogen-bond donors (Lipinski definition) is 2. The number of nitrogens with zero attached hydrogens (tertiary/aromatic N) is 5. The number of halogens is 4. The van der Waals surface area contributed by atoms with Crippen molar-refractivity contribution in [3.63, 3.8) is 0 Å². The van der Waals surface area contributed by atoms with Gasteiger partial charge in [0.2, 0.25) is 0 Å². The maximum atomic E-state index is 13.1. The number of nitrogens with two attached hydrogens (primary N) is 1. The SMILES string of the molecule is CC(C)(O)c1cnn(-c2nc(N)c(C#N)c(-c3ccc(C(F)(F)F)c(Cl)c3)c2C#N)c1. The molecule has 11 heteroatoms. The first-order valence-electron chi connectivity index (χ1n) is 8.67. The summed E-state index contributed by atoms with van der Waals surface area (Å²) in [7, 11) is 0. The molecule has 2 aromatic heterocycles. The van der Waals surface area contributed by atoms with E-state index in [1.54, 1.807) is 0 Å². The predicted octanol–water partition coefficient (Wildman–Crippen LogP) is 4.16. The molecular formula is C20H14ClF3N6O. The topological polar surface area (TPSA) is 125 Å². The number of pyridine rings is 1. The third kappa shape index (κ3) is 4.04. The molecule has 0 amide bonds. The van der Waals surface area contributed by atoms with Gasteiger partial charge in [-0.05, 0) is 31.5 Å². The molecule has 0 saturated carbocycles. The van der Waals surface area contributed by atoms with E-state index in [0.717, 1.165) is 18.2 Å². The van der Waals surface area contributed by atoms with Crippen molar-refractivity contribution in [1.82, 2.24) is 14.8 Å². The number of alkyl halides is 3. The highest BCUT2D eigenvalue weighted by molar-refractivity contribution is 6.31. The van der Waals surface area contributed by atoms with Crippen molar-refractivity contribution < 1.29 is 18.3 Å². The number of benzene rings is 1. The minimum atomic E-state index is -4.67. The Balaban J connectivity index is 2.31.